The number of benzene rings is 2. The molecular formula is C19H22N2O4. The fourth-order valence-electron chi connectivity index (χ4n) is 2.10. The van der Waals surface area contributed by atoms with Crippen LogP contribution in [-0.4, -0.2) is 25.5 Å². The number of carbonyl (C=O) groups is 2. The fraction of sp³-hybridized carbons (Fsp3) is 0.263. The number of nitrogens with one attached hydrogen (secondary N) is 2. The first-order chi connectivity index (χ1) is 12.0. The molecule has 0 radical (unpaired) electrons. The smallest absolute Gasteiger partial charge is 0.269 e. The second-order valence-electron chi connectivity index (χ2n) is 5.49. The minimum absolute atomic E-state index is 0.352. The number of hydrogen-bond acceptors (Lipinski definition) is 4. The Hall–Kier alpha value is -3.02. The van der Waals surface area contributed by atoms with Crippen LogP contribution >= 0.6 is 0 Å². The highest BCUT2D eigenvalue weighted by atomic mass is 16.5. The van der Waals surface area contributed by atoms with E-state index in [1.165, 1.54) is 7.11 Å². The molecule has 2 aromatic carbocycles. The van der Waals surface area contributed by atoms with E-state index < -0.39 is 5.91 Å². The Labute approximate surface area is 147 Å². The van der Waals surface area contributed by atoms with E-state index in [1.54, 1.807) is 30.3 Å². The van der Waals surface area contributed by atoms with Crippen molar-refractivity contribution in [2.45, 2.75) is 20.3 Å². The normalized spacial score (nSPS) is 10.0. The SMILES string of the molecule is CCCOc1ccc(C(=O)NNC(=O)c2ccc(C)cc2)cc1OC. The molecule has 6 heteroatoms. The molecule has 0 atom stereocenters. The average molecular weight is 342 g/mol. The van der Waals surface area contributed by atoms with E-state index in [-0.39, 0.29) is 5.91 Å². The van der Waals surface area contributed by atoms with Crippen LogP contribution in [0.1, 0.15) is 39.6 Å². The van der Waals surface area contributed by atoms with Gasteiger partial charge in [-0.1, -0.05) is 24.6 Å². The molecule has 2 rings (SSSR count). The van der Waals surface area contributed by atoms with E-state index in [2.05, 4.69) is 10.9 Å². The average Bonchev–Trinajstić information content (AvgIpc) is 2.64. The number of hydrogen-bond donors (Lipinski definition) is 2. The van der Waals surface area contributed by atoms with Crippen molar-refractivity contribution in [2.24, 2.45) is 0 Å². The molecule has 0 saturated carbocycles. The third-order valence-electron chi connectivity index (χ3n) is 3.49. The zero-order valence-electron chi connectivity index (χ0n) is 14.6. The molecule has 0 bridgehead atoms. The van der Waals surface area contributed by atoms with Crippen LogP contribution in [0.5, 0.6) is 11.5 Å². The predicted octanol–water partition coefficient (Wildman–Crippen LogP) is 2.87. The molecule has 2 aromatic rings. The third-order valence-corrected chi connectivity index (χ3v) is 3.49. The van der Waals surface area contributed by atoms with Crippen molar-refractivity contribution >= 4 is 11.8 Å². The molecule has 0 saturated heterocycles. The van der Waals surface area contributed by atoms with Gasteiger partial charge in [0.1, 0.15) is 0 Å². The molecule has 132 valence electrons. The Morgan fingerprint density at radius 1 is 0.920 bits per heavy atom. The van der Waals surface area contributed by atoms with Gasteiger partial charge >= 0.3 is 0 Å². The monoisotopic (exact) mass is 342 g/mol. The van der Waals surface area contributed by atoms with Crippen molar-refractivity contribution in [1.82, 2.24) is 10.9 Å². The van der Waals surface area contributed by atoms with Gasteiger partial charge in [-0.05, 0) is 43.7 Å². The van der Waals surface area contributed by atoms with Crippen molar-refractivity contribution in [3.8, 4) is 11.5 Å². The number of carbonyl (C=O) groups excluding carboxylic acids is 2. The predicted molar refractivity (Wildman–Crippen MR) is 94.9 cm³/mol. The quantitative estimate of drug-likeness (QED) is 0.792. The summed E-state index contributed by atoms with van der Waals surface area (Å²) in [6, 6.07) is 11.9. The van der Waals surface area contributed by atoms with Crippen LogP contribution in [-0.2, 0) is 0 Å². The molecule has 0 aliphatic carbocycles. The molecule has 0 heterocycles. The van der Waals surface area contributed by atoms with Gasteiger partial charge in [-0.2, -0.15) is 0 Å². The maximum absolute atomic E-state index is 12.2. The minimum Gasteiger partial charge on any atom is -0.493 e. The largest absolute Gasteiger partial charge is 0.493 e. The van der Waals surface area contributed by atoms with Gasteiger partial charge in [0.15, 0.2) is 11.5 Å². The van der Waals surface area contributed by atoms with Crippen LogP contribution in [0.2, 0.25) is 0 Å². The summed E-state index contributed by atoms with van der Waals surface area (Å²) in [4.78, 5) is 24.2. The van der Waals surface area contributed by atoms with Gasteiger partial charge in [0.05, 0.1) is 13.7 Å². The zero-order valence-corrected chi connectivity index (χ0v) is 14.6. The second kappa shape index (κ2) is 8.73. The van der Waals surface area contributed by atoms with Crippen molar-refractivity contribution in [1.29, 1.82) is 0 Å². The first-order valence-electron chi connectivity index (χ1n) is 8.03. The molecule has 0 fully saturated rings. The highest BCUT2D eigenvalue weighted by molar-refractivity contribution is 5.99. The summed E-state index contributed by atoms with van der Waals surface area (Å²) in [5.41, 5.74) is 6.65. The highest BCUT2D eigenvalue weighted by Gasteiger charge is 2.12. The van der Waals surface area contributed by atoms with Gasteiger partial charge in [0.2, 0.25) is 0 Å². The lowest BCUT2D eigenvalue weighted by atomic mass is 10.1. The first-order valence-corrected chi connectivity index (χ1v) is 8.03. The summed E-state index contributed by atoms with van der Waals surface area (Å²) in [6.45, 7) is 4.50. The molecule has 25 heavy (non-hydrogen) atoms. The summed E-state index contributed by atoms with van der Waals surface area (Å²) in [5.74, 6) is 0.208. The van der Waals surface area contributed by atoms with Crippen molar-refractivity contribution in [3.05, 3.63) is 59.2 Å². The van der Waals surface area contributed by atoms with Crippen LogP contribution in [0.15, 0.2) is 42.5 Å². The van der Waals surface area contributed by atoms with Crippen LogP contribution in [0.3, 0.4) is 0 Å². The van der Waals surface area contributed by atoms with Gasteiger partial charge in [-0.25, -0.2) is 0 Å². The lowest BCUT2D eigenvalue weighted by molar-refractivity contribution is 0.0846. The number of methoxy groups -OCH3 is 1. The molecule has 6 nitrogen and oxygen atoms in total. The maximum atomic E-state index is 12.2. The van der Waals surface area contributed by atoms with Gasteiger partial charge in [-0.15, -0.1) is 0 Å². The van der Waals surface area contributed by atoms with Crippen molar-refractivity contribution in [2.75, 3.05) is 13.7 Å². The molecule has 2 amide bonds. The van der Waals surface area contributed by atoms with Crippen LogP contribution in [0.4, 0.5) is 0 Å². The third kappa shape index (κ3) is 4.97. The molecule has 0 unspecified atom stereocenters. The molecular weight excluding hydrogens is 320 g/mol. The van der Waals surface area contributed by atoms with Crippen LogP contribution in [0.25, 0.3) is 0 Å². The number of amides is 2. The lowest BCUT2D eigenvalue weighted by Gasteiger charge is -2.12. The number of ether oxygens (including phenoxy) is 2. The van der Waals surface area contributed by atoms with Crippen LogP contribution in [0, 0.1) is 6.92 Å². The Morgan fingerprint density at radius 2 is 1.52 bits per heavy atom. The van der Waals surface area contributed by atoms with Gasteiger partial charge in [-0.3, -0.25) is 20.4 Å². The van der Waals surface area contributed by atoms with E-state index in [0.717, 1.165) is 12.0 Å². The topological polar surface area (TPSA) is 76.7 Å². The Morgan fingerprint density at radius 3 is 2.12 bits per heavy atom. The summed E-state index contributed by atoms with van der Waals surface area (Å²) < 4.78 is 10.8. The Bertz CT molecular complexity index is 742. The van der Waals surface area contributed by atoms with Gasteiger partial charge in [0, 0.05) is 11.1 Å². The Balaban J connectivity index is 2.00. The summed E-state index contributed by atoms with van der Waals surface area (Å²) >= 11 is 0. The van der Waals surface area contributed by atoms with E-state index in [1.807, 2.05) is 26.0 Å². The summed E-state index contributed by atoms with van der Waals surface area (Å²) in [6.07, 6.45) is 0.871. The zero-order chi connectivity index (χ0) is 18.2. The molecule has 0 aliphatic heterocycles. The Kier molecular flexibility index (Phi) is 6.39. The van der Waals surface area contributed by atoms with E-state index >= 15 is 0 Å². The first kappa shape index (κ1) is 18.3. The maximum Gasteiger partial charge on any atom is 0.269 e. The summed E-state index contributed by atoms with van der Waals surface area (Å²) in [5, 5.41) is 0. The standard InChI is InChI=1S/C19H22N2O4/c1-4-11-25-16-10-9-15(12-17(16)24-3)19(23)21-20-18(22)14-7-5-13(2)6-8-14/h5-10,12H,4,11H2,1-3H3,(H,20,22)(H,21,23). The fourth-order valence-corrected chi connectivity index (χ4v) is 2.10. The number of rotatable bonds is 6. The number of aryl methyl sites for hydroxylation is 1. The van der Waals surface area contributed by atoms with E-state index in [9.17, 15) is 9.59 Å². The van der Waals surface area contributed by atoms with Crippen LogP contribution < -0.4 is 20.3 Å². The minimum atomic E-state index is -0.444. The molecule has 0 aliphatic rings. The molecule has 2 N–H and O–H groups in total. The summed E-state index contributed by atoms with van der Waals surface area (Å²) in [7, 11) is 1.51. The van der Waals surface area contributed by atoms with E-state index in [0.29, 0.717) is 29.2 Å². The molecule has 0 spiro atoms. The van der Waals surface area contributed by atoms with Crippen molar-refractivity contribution in [3.63, 3.8) is 0 Å². The lowest BCUT2D eigenvalue weighted by Crippen LogP contribution is -2.41. The highest BCUT2D eigenvalue weighted by Crippen LogP contribution is 2.28. The second-order valence-corrected chi connectivity index (χ2v) is 5.49. The molecule has 0 aromatic heterocycles. The number of hydrazine groups is 1. The van der Waals surface area contributed by atoms with Gasteiger partial charge in [0.25, 0.3) is 11.8 Å². The van der Waals surface area contributed by atoms with Gasteiger partial charge < -0.3 is 9.47 Å². The van der Waals surface area contributed by atoms with Crippen molar-refractivity contribution < 1.29 is 19.1 Å². The van der Waals surface area contributed by atoms with E-state index in [4.69, 9.17) is 9.47 Å².